The zero-order valence-electron chi connectivity index (χ0n) is 43.2. The number of rotatable bonds is 25. The number of ether oxygens (including phenoxy) is 4. The first-order valence-electron chi connectivity index (χ1n) is 22.9. The highest BCUT2D eigenvalue weighted by Gasteiger charge is 2.32. The van der Waals surface area contributed by atoms with Gasteiger partial charge in [-0.2, -0.15) is 5.26 Å². The molecule has 0 aromatic carbocycles. The normalized spacial score (nSPS) is 13.7. The Morgan fingerprint density at radius 3 is 1.25 bits per heavy atom. The van der Waals surface area contributed by atoms with E-state index >= 15 is 0 Å². The molecule has 1 atom stereocenters. The van der Waals surface area contributed by atoms with Gasteiger partial charge in [-0.15, -0.1) is 0 Å². The van der Waals surface area contributed by atoms with Gasteiger partial charge in [0.1, 0.15) is 0 Å². The largest absolute Gasteiger partial charge is 0.373 e. The Balaban J connectivity index is -0.000000872. The minimum Gasteiger partial charge on any atom is -0.373 e. The predicted octanol–water partition coefficient (Wildman–Crippen LogP) is 10.7. The van der Waals surface area contributed by atoms with Crippen molar-refractivity contribution >= 4 is 17.7 Å². The minimum absolute atomic E-state index is 0.00989. The SMILES string of the molecule is CC(C)C(=O)NCCC(C)(C)OCC(C)(C)OC(C)(C)C.CC(C)C(C)(C#N)CCC(=O)NCCC(C)(C)OCC(C)(C)OC(C)(C)C.CCCCCCNC(=O)C(C)C. The predicted molar refractivity (Wildman–Crippen MR) is 250 cm³/mol. The van der Waals surface area contributed by atoms with Gasteiger partial charge in [-0.25, -0.2) is 0 Å². The Kier molecular flexibility index (Phi) is 29.4. The maximum Gasteiger partial charge on any atom is 0.222 e. The molecule has 0 aliphatic heterocycles. The van der Waals surface area contributed by atoms with Crippen LogP contribution in [-0.2, 0) is 33.3 Å². The molecule has 0 fully saturated rings. The van der Waals surface area contributed by atoms with E-state index in [-0.39, 0.29) is 69.1 Å². The molecule has 1 unspecified atom stereocenters. The van der Waals surface area contributed by atoms with Gasteiger partial charge < -0.3 is 34.9 Å². The lowest BCUT2D eigenvalue weighted by Gasteiger charge is -2.36. The van der Waals surface area contributed by atoms with Gasteiger partial charge >= 0.3 is 0 Å². The second-order valence-electron chi connectivity index (χ2n) is 22.0. The number of hydrogen-bond acceptors (Lipinski definition) is 8. The van der Waals surface area contributed by atoms with Gasteiger partial charge in [0.15, 0.2) is 0 Å². The fraction of sp³-hybridized carbons (Fsp3) is 0.918. The summed E-state index contributed by atoms with van der Waals surface area (Å²) in [6.07, 6.45) is 7.30. The van der Waals surface area contributed by atoms with E-state index in [4.69, 9.17) is 18.9 Å². The molecule has 0 aliphatic rings. The lowest BCUT2D eigenvalue weighted by molar-refractivity contribution is -0.167. The molecule has 0 heterocycles. The number of nitrogens with zero attached hydrogens (tertiary/aromatic N) is 1. The van der Waals surface area contributed by atoms with Crippen molar-refractivity contribution in [1.82, 2.24) is 16.0 Å². The van der Waals surface area contributed by atoms with Gasteiger partial charge in [-0.3, -0.25) is 14.4 Å². The number of nitrogens with one attached hydrogen (secondary N) is 3. The van der Waals surface area contributed by atoms with E-state index in [9.17, 15) is 19.6 Å². The maximum atomic E-state index is 12.1. The van der Waals surface area contributed by atoms with Crippen molar-refractivity contribution in [2.75, 3.05) is 32.8 Å². The van der Waals surface area contributed by atoms with Crippen molar-refractivity contribution in [3.8, 4) is 6.07 Å². The Labute approximate surface area is 370 Å². The van der Waals surface area contributed by atoms with Crippen LogP contribution in [-0.4, -0.2) is 84.2 Å². The lowest BCUT2D eigenvalue weighted by Crippen LogP contribution is -2.42. The van der Waals surface area contributed by atoms with Gasteiger partial charge in [0.05, 0.1) is 58.3 Å². The number of unbranched alkanes of at least 4 members (excludes halogenated alkanes) is 3. The lowest BCUT2D eigenvalue weighted by atomic mass is 9.77. The van der Waals surface area contributed by atoms with Crippen LogP contribution < -0.4 is 16.0 Å². The Morgan fingerprint density at radius 2 is 0.917 bits per heavy atom. The van der Waals surface area contributed by atoms with Crippen LogP contribution in [0.4, 0.5) is 0 Å². The summed E-state index contributed by atoms with van der Waals surface area (Å²) < 4.78 is 24.1. The zero-order valence-corrected chi connectivity index (χ0v) is 43.2. The third kappa shape index (κ3) is 36.4. The highest BCUT2D eigenvalue weighted by molar-refractivity contribution is 5.78. The second-order valence-corrected chi connectivity index (χ2v) is 22.0. The topological polar surface area (TPSA) is 148 Å². The molecular formula is C49H98N4O7. The molecule has 0 aliphatic carbocycles. The molecule has 11 heteroatoms. The van der Waals surface area contributed by atoms with E-state index in [1.54, 1.807) is 0 Å². The van der Waals surface area contributed by atoms with E-state index in [1.165, 1.54) is 19.3 Å². The molecule has 0 spiro atoms. The Hall–Kier alpha value is -2.26. The van der Waals surface area contributed by atoms with E-state index < -0.39 is 5.41 Å². The summed E-state index contributed by atoms with van der Waals surface area (Å²) in [7, 11) is 0. The molecule has 0 aromatic heterocycles. The molecule has 0 rings (SSSR count). The quantitative estimate of drug-likeness (QED) is 0.0769. The van der Waals surface area contributed by atoms with Crippen LogP contribution >= 0.6 is 0 Å². The molecule has 0 bridgehead atoms. The number of carbonyl (C=O) groups excluding carboxylic acids is 3. The summed E-state index contributed by atoms with van der Waals surface area (Å²) in [4.78, 5) is 34.7. The van der Waals surface area contributed by atoms with Crippen LogP contribution in [0.1, 0.15) is 204 Å². The number of carbonyl (C=O) groups is 3. The molecular weight excluding hydrogens is 757 g/mol. The van der Waals surface area contributed by atoms with Gasteiger partial charge in [0, 0.05) is 37.9 Å². The number of nitriles is 1. The summed E-state index contributed by atoms with van der Waals surface area (Å²) in [5.41, 5.74) is -2.23. The van der Waals surface area contributed by atoms with Crippen molar-refractivity contribution in [2.24, 2.45) is 23.2 Å². The molecule has 0 radical (unpaired) electrons. The summed E-state index contributed by atoms with van der Waals surface area (Å²) in [6.45, 7) is 47.3. The van der Waals surface area contributed by atoms with Crippen LogP contribution in [0.5, 0.6) is 0 Å². The maximum absolute atomic E-state index is 12.1. The van der Waals surface area contributed by atoms with Gasteiger partial charge in [0.25, 0.3) is 0 Å². The van der Waals surface area contributed by atoms with Gasteiger partial charge in [-0.05, 0) is 135 Å². The number of amides is 3. The first-order valence-corrected chi connectivity index (χ1v) is 22.9. The smallest absolute Gasteiger partial charge is 0.222 e. The van der Waals surface area contributed by atoms with Crippen LogP contribution in [0.15, 0.2) is 0 Å². The van der Waals surface area contributed by atoms with Crippen molar-refractivity contribution in [1.29, 1.82) is 5.26 Å². The van der Waals surface area contributed by atoms with E-state index in [2.05, 4.69) is 28.9 Å². The van der Waals surface area contributed by atoms with E-state index in [0.717, 1.165) is 19.4 Å². The zero-order chi connectivity index (χ0) is 47.8. The van der Waals surface area contributed by atoms with Crippen molar-refractivity contribution in [2.45, 2.75) is 237 Å². The molecule has 11 nitrogen and oxygen atoms in total. The first kappa shape index (κ1) is 62.0. The molecule has 60 heavy (non-hydrogen) atoms. The summed E-state index contributed by atoms with van der Waals surface area (Å²) >= 11 is 0. The fourth-order valence-electron chi connectivity index (χ4n) is 5.70. The van der Waals surface area contributed by atoms with Gasteiger partial charge in [-0.1, -0.05) is 67.7 Å². The van der Waals surface area contributed by atoms with Crippen LogP contribution in [0.3, 0.4) is 0 Å². The highest BCUT2D eigenvalue weighted by Crippen LogP contribution is 2.31. The molecule has 356 valence electrons. The van der Waals surface area contributed by atoms with Crippen LogP contribution in [0.25, 0.3) is 0 Å². The third-order valence-electron chi connectivity index (χ3n) is 9.64. The minimum atomic E-state index is -0.460. The molecule has 0 aromatic rings. The fourth-order valence-corrected chi connectivity index (χ4v) is 5.70. The molecule has 3 N–H and O–H groups in total. The monoisotopic (exact) mass is 855 g/mol. The van der Waals surface area contributed by atoms with E-state index in [1.807, 2.05) is 145 Å². The summed E-state index contributed by atoms with van der Waals surface area (Å²) in [5, 5.41) is 18.1. The first-order chi connectivity index (χ1) is 26.9. The van der Waals surface area contributed by atoms with Gasteiger partial charge in [0.2, 0.25) is 17.7 Å². The number of hydrogen-bond donors (Lipinski definition) is 3. The van der Waals surface area contributed by atoms with Crippen molar-refractivity contribution in [3.63, 3.8) is 0 Å². The molecule has 0 saturated carbocycles. The Morgan fingerprint density at radius 1 is 0.533 bits per heavy atom. The standard InChI is InChI=1S/C22H42N2O3.C17H35NO3.C10H21NO/c1-17(2)22(10,15-23)12-11-18(25)24-14-13-20(6,7)26-16-21(8,9)27-19(3,4)5;1-13(2)14(19)18-11-10-16(6,7)20-12-17(8,9)21-15(3,4)5;1-4-5-6-7-8-11-10(12)9(2)3/h17H,11-14,16H2,1-10H3,(H,24,25);13H,10-12H2,1-9H3,(H,18,19);9H,4-8H2,1-3H3,(H,11,12). The van der Waals surface area contributed by atoms with Crippen molar-refractivity contribution < 1.29 is 33.3 Å². The average Bonchev–Trinajstić information content (AvgIpc) is 3.07. The Bertz CT molecular complexity index is 1240. The summed E-state index contributed by atoms with van der Waals surface area (Å²) in [5.74, 6) is 0.614. The molecule has 3 amide bonds. The van der Waals surface area contributed by atoms with E-state index in [0.29, 0.717) is 45.6 Å². The second kappa shape index (κ2) is 28.4. The van der Waals surface area contributed by atoms with Crippen LogP contribution in [0.2, 0.25) is 0 Å². The average molecular weight is 855 g/mol. The van der Waals surface area contributed by atoms with Crippen molar-refractivity contribution in [3.05, 3.63) is 0 Å². The van der Waals surface area contributed by atoms with Crippen LogP contribution in [0, 0.1) is 34.5 Å². The summed E-state index contributed by atoms with van der Waals surface area (Å²) in [6, 6.07) is 2.35. The highest BCUT2D eigenvalue weighted by atomic mass is 16.6. The molecule has 0 saturated heterocycles. The third-order valence-corrected chi connectivity index (χ3v) is 9.64.